The van der Waals surface area contributed by atoms with E-state index in [0.29, 0.717) is 25.2 Å². The van der Waals surface area contributed by atoms with Crippen LogP contribution in [0.5, 0.6) is 0 Å². The SMILES string of the molecule is O=C(NCc1cnn2ccccc12)c1ccc(S(=O)(=O)N2CCCC2)cc1. The van der Waals surface area contributed by atoms with Crippen LogP contribution in [0.15, 0.2) is 59.8 Å². The molecule has 0 bridgehead atoms. The maximum Gasteiger partial charge on any atom is 0.251 e. The molecule has 27 heavy (non-hydrogen) atoms. The highest BCUT2D eigenvalue weighted by atomic mass is 32.2. The molecule has 1 aliphatic heterocycles. The van der Waals surface area contributed by atoms with Crippen LogP contribution >= 0.6 is 0 Å². The minimum absolute atomic E-state index is 0.226. The molecule has 1 amide bonds. The second kappa shape index (κ2) is 7.13. The molecular formula is C19H20N4O3S. The second-order valence-electron chi connectivity index (χ2n) is 6.52. The molecular weight excluding hydrogens is 364 g/mol. The molecule has 0 radical (unpaired) electrons. The van der Waals surface area contributed by atoms with Gasteiger partial charge in [0.2, 0.25) is 10.0 Å². The normalized spacial score (nSPS) is 15.3. The fourth-order valence-corrected chi connectivity index (χ4v) is 4.77. The van der Waals surface area contributed by atoms with E-state index in [1.54, 1.807) is 22.8 Å². The Labute approximate surface area is 157 Å². The average molecular weight is 384 g/mol. The topological polar surface area (TPSA) is 83.8 Å². The molecule has 3 aromatic rings. The Kier molecular flexibility index (Phi) is 4.67. The summed E-state index contributed by atoms with van der Waals surface area (Å²) >= 11 is 0. The van der Waals surface area contributed by atoms with E-state index in [-0.39, 0.29) is 10.8 Å². The van der Waals surface area contributed by atoms with Gasteiger partial charge >= 0.3 is 0 Å². The fraction of sp³-hybridized carbons (Fsp3) is 0.263. The Bertz CT molecular complexity index is 1070. The van der Waals surface area contributed by atoms with Gasteiger partial charge in [0.05, 0.1) is 16.6 Å². The Hall–Kier alpha value is -2.71. The number of pyridine rings is 1. The largest absolute Gasteiger partial charge is 0.348 e. The van der Waals surface area contributed by atoms with Crippen LogP contribution in [0, 0.1) is 0 Å². The predicted octanol–water partition coefficient (Wildman–Crippen LogP) is 2.05. The van der Waals surface area contributed by atoms with Crippen molar-refractivity contribution in [3.63, 3.8) is 0 Å². The van der Waals surface area contributed by atoms with Gasteiger partial charge in [0.15, 0.2) is 0 Å². The summed E-state index contributed by atoms with van der Waals surface area (Å²) in [6.07, 6.45) is 5.36. The monoisotopic (exact) mass is 384 g/mol. The summed E-state index contributed by atoms with van der Waals surface area (Å²) in [4.78, 5) is 12.6. The summed E-state index contributed by atoms with van der Waals surface area (Å²) in [5, 5.41) is 7.09. The number of aromatic nitrogens is 2. The number of hydrogen-bond donors (Lipinski definition) is 1. The number of carbonyl (C=O) groups excluding carboxylic acids is 1. The van der Waals surface area contributed by atoms with Crippen molar-refractivity contribution in [3.8, 4) is 0 Å². The molecule has 3 heterocycles. The van der Waals surface area contributed by atoms with Crippen LogP contribution in [0.1, 0.15) is 28.8 Å². The highest BCUT2D eigenvalue weighted by molar-refractivity contribution is 7.89. The van der Waals surface area contributed by atoms with E-state index in [1.807, 2.05) is 24.4 Å². The van der Waals surface area contributed by atoms with Gasteiger partial charge < -0.3 is 5.32 Å². The Balaban J connectivity index is 1.45. The highest BCUT2D eigenvalue weighted by Gasteiger charge is 2.27. The van der Waals surface area contributed by atoms with Gasteiger partial charge in [0, 0.05) is 37.0 Å². The average Bonchev–Trinajstić information content (AvgIpc) is 3.37. The minimum atomic E-state index is -3.46. The van der Waals surface area contributed by atoms with Crippen LogP contribution in [-0.2, 0) is 16.6 Å². The van der Waals surface area contributed by atoms with Crippen molar-refractivity contribution >= 4 is 21.4 Å². The third kappa shape index (κ3) is 3.45. The van der Waals surface area contributed by atoms with Crippen molar-refractivity contribution in [2.24, 2.45) is 0 Å². The number of benzene rings is 1. The van der Waals surface area contributed by atoms with Crippen LogP contribution in [0.2, 0.25) is 0 Å². The number of hydrogen-bond acceptors (Lipinski definition) is 4. The maximum atomic E-state index is 12.5. The Morgan fingerprint density at radius 1 is 1.07 bits per heavy atom. The molecule has 1 N–H and O–H groups in total. The number of rotatable bonds is 5. The molecule has 4 rings (SSSR count). The lowest BCUT2D eigenvalue weighted by atomic mass is 10.2. The van der Waals surface area contributed by atoms with E-state index < -0.39 is 10.0 Å². The molecule has 1 aliphatic rings. The molecule has 8 heteroatoms. The van der Waals surface area contributed by atoms with Crippen molar-refractivity contribution in [1.29, 1.82) is 0 Å². The quantitative estimate of drug-likeness (QED) is 0.730. The molecule has 2 aromatic heterocycles. The van der Waals surface area contributed by atoms with Gasteiger partial charge in [0.25, 0.3) is 5.91 Å². The number of carbonyl (C=O) groups is 1. The molecule has 0 spiro atoms. The molecule has 140 valence electrons. The van der Waals surface area contributed by atoms with Crippen molar-refractivity contribution < 1.29 is 13.2 Å². The van der Waals surface area contributed by atoms with E-state index >= 15 is 0 Å². The van der Waals surface area contributed by atoms with Gasteiger partial charge in [-0.05, 0) is 49.2 Å². The number of nitrogens with zero attached hydrogens (tertiary/aromatic N) is 3. The van der Waals surface area contributed by atoms with Gasteiger partial charge in [0.1, 0.15) is 0 Å². The van der Waals surface area contributed by atoms with Gasteiger partial charge in [-0.15, -0.1) is 0 Å². The molecule has 7 nitrogen and oxygen atoms in total. The first-order valence-electron chi connectivity index (χ1n) is 8.85. The minimum Gasteiger partial charge on any atom is -0.348 e. The molecule has 1 saturated heterocycles. The van der Waals surface area contributed by atoms with E-state index in [4.69, 9.17) is 0 Å². The third-order valence-corrected chi connectivity index (χ3v) is 6.68. The van der Waals surface area contributed by atoms with Crippen molar-refractivity contribution in [3.05, 3.63) is 66.0 Å². The van der Waals surface area contributed by atoms with E-state index in [0.717, 1.165) is 23.9 Å². The van der Waals surface area contributed by atoms with Crippen molar-refractivity contribution in [2.45, 2.75) is 24.3 Å². The maximum absolute atomic E-state index is 12.5. The molecule has 0 unspecified atom stereocenters. The summed E-state index contributed by atoms with van der Waals surface area (Å²) < 4.78 is 28.3. The van der Waals surface area contributed by atoms with Crippen LogP contribution in [0.25, 0.3) is 5.52 Å². The summed E-state index contributed by atoms with van der Waals surface area (Å²) in [5.74, 6) is -0.254. The van der Waals surface area contributed by atoms with E-state index in [2.05, 4.69) is 10.4 Å². The first-order valence-corrected chi connectivity index (χ1v) is 10.3. The molecule has 0 saturated carbocycles. The van der Waals surface area contributed by atoms with Crippen LogP contribution in [-0.4, -0.2) is 41.3 Å². The van der Waals surface area contributed by atoms with Crippen molar-refractivity contribution in [2.75, 3.05) is 13.1 Å². The smallest absolute Gasteiger partial charge is 0.251 e. The van der Waals surface area contributed by atoms with Gasteiger partial charge in [-0.3, -0.25) is 4.79 Å². The number of amides is 1. The van der Waals surface area contributed by atoms with E-state index in [1.165, 1.54) is 16.4 Å². The molecule has 1 aromatic carbocycles. The first kappa shape index (κ1) is 17.7. The first-order chi connectivity index (χ1) is 13.1. The zero-order valence-electron chi connectivity index (χ0n) is 14.7. The lowest BCUT2D eigenvalue weighted by Crippen LogP contribution is -2.28. The van der Waals surface area contributed by atoms with Crippen LogP contribution in [0.3, 0.4) is 0 Å². The third-order valence-electron chi connectivity index (χ3n) is 4.76. The Morgan fingerprint density at radius 3 is 2.56 bits per heavy atom. The Morgan fingerprint density at radius 2 is 1.81 bits per heavy atom. The fourth-order valence-electron chi connectivity index (χ4n) is 3.26. The van der Waals surface area contributed by atoms with Gasteiger partial charge in [-0.25, -0.2) is 12.9 Å². The molecule has 0 atom stereocenters. The lowest BCUT2D eigenvalue weighted by molar-refractivity contribution is 0.0951. The number of sulfonamides is 1. The lowest BCUT2D eigenvalue weighted by Gasteiger charge is -2.15. The summed E-state index contributed by atoms with van der Waals surface area (Å²) in [6.45, 7) is 1.47. The number of fused-ring (bicyclic) bond motifs is 1. The van der Waals surface area contributed by atoms with Crippen LogP contribution in [0.4, 0.5) is 0 Å². The van der Waals surface area contributed by atoms with E-state index in [9.17, 15) is 13.2 Å². The zero-order chi connectivity index (χ0) is 18.9. The zero-order valence-corrected chi connectivity index (χ0v) is 15.5. The summed E-state index contributed by atoms with van der Waals surface area (Å²) in [5.41, 5.74) is 2.27. The second-order valence-corrected chi connectivity index (χ2v) is 8.46. The molecule has 0 aliphatic carbocycles. The standard InChI is InChI=1S/C19H20N4O3S/c24-19(20-13-16-14-21-23-12-2-1-5-18(16)23)15-6-8-17(9-7-15)27(25,26)22-10-3-4-11-22/h1-2,5-9,12,14H,3-4,10-11,13H2,(H,20,24). The van der Waals surface area contributed by atoms with Crippen molar-refractivity contribution in [1.82, 2.24) is 19.2 Å². The van der Waals surface area contributed by atoms with Gasteiger partial charge in [-0.2, -0.15) is 9.40 Å². The van der Waals surface area contributed by atoms with Crippen LogP contribution < -0.4 is 5.32 Å². The summed E-state index contributed by atoms with van der Waals surface area (Å²) in [7, 11) is -3.46. The van der Waals surface area contributed by atoms with Gasteiger partial charge in [-0.1, -0.05) is 6.07 Å². The molecule has 1 fully saturated rings. The predicted molar refractivity (Wildman–Crippen MR) is 101 cm³/mol. The summed E-state index contributed by atoms with van der Waals surface area (Å²) in [6, 6.07) is 11.8. The number of nitrogens with one attached hydrogen (secondary N) is 1. The highest BCUT2D eigenvalue weighted by Crippen LogP contribution is 2.21.